The van der Waals surface area contributed by atoms with E-state index in [1.807, 2.05) is 24.3 Å². The van der Waals surface area contributed by atoms with E-state index in [4.69, 9.17) is 0 Å². The molecule has 1 aromatic heterocycles. The van der Waals surface area contributed by atoms with Gasteiger partial charge in [-0.1, -0.05) is 19.1 Å². The largest absolute Gasteiger partial charge is 0.346 e. The number of amides is 1. The van der Waals surface area contributed by atoms with Crippen molar-refractivity contribution in [2.45, 2.75) is 18.4 Å². The van der Waals surface area contributed by atoms with Gasteiger partial charge in [0.1, 0.15) is 12.1 Å². The molecule has 0 aliphatic carbocycles. The second-order valence-corrected chi connectivity index (χ2v) is 6.82. The molecule has 3 aromatic rings. The van der Waals surface area contributed by atoms with Crippen molar-refractivity contribution in [2.75, 3.05) is 5.75 Å². The lowest BCUT2D eigenvalue weighted by atomic mass is 10.1. The summed E-state index contributed by atoms with van der Waals surface area (Å²) in [4.78, 5) is 21.9. The maximum absolute atomic E-state index is 13.1. The lowest BCUT2D eigenvalue weighted by Gasteiger charge is -2.09. The summed E-state index contributed by atoms with van der Waals surface area (Å²) in [7, 11) is 0. The van der Waals surface area contributed by atoms with Gasteiger partial charge >= 0.3 is 0 Å². The van der Waals surface area contributed by atoms with E-state index in [0.717, 1.165) is 16.2 Å². The molecule has 0 aliphatic heterocycles. The van der Waals surface area contributed by atoms with Gasteiger partial charge in [0.15, 0.2) is 0 Å². The Bertz CT molecular complexity index is 900. The van der Waals surface area contributed by atoms with Crippen LogP contribution in [0.1, 0.15) is 23.0 Å². The number of hydrogen-bond donors (Lipinski definition) is 1. The maximum atomic E-state index is 13.1. The van der Waals surface area contributed by atoms with E-state index >= 15 is 0 Å². The molecule has 132 valence electrons. The van der Waals surface area contributed by atoms with Crippen LogP contribution in [-0.2, 0) is 6.54 Å². The number of aromatic nitrogens is 2. The molecule has 0 radical (unpaired) electrons. The Balaban J connectivity index is 1.71. The van der Waals surface area contributed by atoms with Gasteiger partial charge in [-0.15, -0.1) is 11.8 Å². The number of rotatable bonds is 6. The van der Waals surface area contributed by atoms with Gasteiger partial charge in [-0.05, 0) is 48.2 Å². The zero-order valence-electron chi connectivity index (χ0n) is 14.3. The van der Waals surface area contributed by atoms with Crippen LogP contribution in [-0.4, -0.2) is 21.6 Å². The molecule has 0 unspecified atom stereocenters. The SMILES string of the molecule is CCSc1ccccc1C(=O)NCc1cc(-c2ccc(F)cc2)ncn1. The van der Waals surface area contributed by atoms with Gasteiger partial charge in [0.25, 0.3) is 5.91 Å². The number of halogens is 1. The first-order chi connectivity index (χ1) is 12.7. The molecule has 1 heterocycles. The predicted octanol–water partition coefficient (Wildman–Crippen LogP) is 4.32. The van der Waals surface area contributed by atoms with E-state index in [1.165, 1.54) is 18.5 Å². The highest BCUT2D eigenvalue weighted by Crippen LogP contribution is 2.22. The molecule has 0 fully saturated rings. The summed E-state index contributed by atoms with van der Waals surface area (Å²) in [5, 5.41) is 2.90. The number of carbonyl (C=O) groups excluding carboxylic acids is 1. The first-order valence-electron chi connectivity index (χ1n) is 8.24. The van der Waals surface area contributed by atoms with Crippen molar-refractivity contribution in [3.63, 3.8) is 0 Å². The van der Waals surface area contributed by atoms with Crippen molar-refractivity contribution < 1.29 is 9.18 Å². The maximum Gasteiger partial charge on any atom is 0.252 e. The molecule has 4 nitrogen and oxygen atoms in total. The van der Waals surface area contributed by atoms with E-state index in [1.54, 1.807) is 30.0 Å². The van der Waals surface area contributed by atoms with Gasteiger partial charge in [0, 0.05) is 10.5 Å². The Hall–Kier alpha value is -2.73. The second-order valence-electron chi connectivity index (χ2n) is 5.51. The summed E-state index contributed by atoms with van der Waals surface area (Å²) in [5.74, 6) is 0.472. The second kappa shape index (κ2) is 8.58. The fourth-order valence-electron chi connectivity index (χ4n) is 2.47. The normalized spacial score (nSPS) is 10.5. The van der Waals surface area contributed by atoms with Crippen molar-refractivity contribution in [3.8, 4) is 11.3 Å². The number of thioether (sulfide) groups is 1. The molecule has 0 spiro atoms. The quantitative estimate of drug-likeness (QED) is 0.659. The summed E-state index contributed by atoms with van der Waals surface area (Å²) >= 11 is 1.64. The van der Waals surface area contributed by atoms with Crippen LogP contribution in [0.15, 0.2) is 65.8 Å². The average molecular weight is 367 g/mol. The third-order valence-electron chi connectivity index (χ3n) is 3.73. The van der Waals surface area contributed by atoms with Gasteiger partial charge < -0.3 is 5.32 Å². The average Bonchev–Trinajstić information content (AvgIpc) is 2.68. The van der Waals surface area contributed by atoms with Crippen LogP contribution < -0.4 is 5.32 Å². The third-order valence-corrected chi connectivity index (χ3v) is 4.68. The van der Waals surface area contributed by atoms with E-state index < -0.39 is 0 Å². The van der Waals surface area contributed by atoms with E-state index in [-0.39, 0.29) is 11.7 Å². The number of carbonyl (C=O) groups is 1. The van der Waals surface area contributed by atoms with E-state index in [9.17, 15) is 9.18 Å². The first-order valence-corrected chi connectivity index (χ1v) is 9.23. The van der Waals surface area contributed by atoms with Crippen LogP contribution in [0, 0.1) is 5.82 Å². The van der Waals surface area contributed by atoms with Crippen LogP contribution in [0.3, 0.4) is 0 Å². The highest BCUT2D eigenvalue weighted by molar-refractivity contribution is 7.99. The standard InChI is InChI=1S/C20H18FN3OS/c1-2-26-19-6-4-3-5-17(19)20(25)22-12-16-11-18(24-13-23-16)14-7-9-15(21)10-8-14/h3-11,13H,2,12H2,1H3,(H,22,25). The molecule has 26 heavy (non-hydrogen) atoms. The van der Waals surface area contributed by atoms with Crippen molar-refractivity contribution in [3.05, 3.63) is 78.0 Å². The van der Waals surface area contributed by atoms with Gasteiger partial charge in [-0.25, -0.2) is 14.4 Å². The molecule has 6 heteroatoms. The van der Waals surface area contributed by atoms with Crippen molar-refractivity contribution >= 4 is 17.7 Å². The lowest BCUT2D eigenvalue weighted by Crippen LogP contribution is -2.24. The van der Waals surface area contributed by atoms with Crippen LogP contribution in [0.4, 0.5) is 4.39 Å². The van der Waals surface area contributed by atoms with Crippen LogP contribution >= 0.6 is 11.8 Å². The molecular weight excluding hydrogens is 349 g/mol. The summed E-state index contributed by atoms with van der Waals surface area (Å²) in [6.07, 6.45) is 1.45. The fourth-order valence-corrected chi connectivity index (χ4v) is 3.28. The minimum absolute atomic E-state index is 0.136. The highest BCUT2D eigenvalue weighted by Gasteiger charge is 2.11. The molecule has 1 amide bonds. The first kappa shape index (κ1) is 18.1. The van der Waals surface area contributed by atoms with Gasteiger partial charge in [0.2, 0.25) is 0 Å². The predicted molar refractivity (Wildman–Crippen MR) is 101 cm³/mol. The highest BCUT2D eigenvalue weighted by atomic mass is 32.2. The molecular formula is C20H18FN3OS. The number of nitrogens with zero attached hydrogens (tertiary/aromatic N) is 2. The molecule has 0 atom stereocenters. The zero-order valence-corrected chi connectivity index (χ0v) is 15.1. The Morgan fingerprint density at radius 2 is 1.88 bits per heavy atom. The molecule has 0 aliphatic rings. The minimum atomic E-state index is -0.293. The number of nitrogens with one attached hydrogen (secondary N) is 1. The molecule has 0 saturated heterocycles. The Morgan fingerprint density at radius 1 is 1.12 bits per heavy atom. The van der Waals surface area contributed by atoms with Gasteiger partial charge in [-0.2, -0.15) is 0 Å². The number of benzene rings is 2. The van der Waals surface area contributed by atoms with Crippen molar-refractivity contribution in [1.82, 2.24) is 15.3 Å². The van der Waals surface area contributed by atoms with Crippen LogP contribution in [0.25, 0.3) is 11.3 Å². The van der Waals surface area contributed by atoms with Gasteiger partial charge in [-0.3, -0.25) is 4.79 Å². The van der Waals surface area contributed by atoms with E-state index in [0.29, 0.717) is 23.5 Å². The monoisotopic (exact) mass is 367 g/mol. The fraction of sp³-hybridized carbons (Fsp3) is 0.150. The molecule has 2 aromatic carbocycles. The summed E-state index contributed by atoms with van der Waals surface area (Å²) < 4.78 is 13.1. The minimum Gasteiger partial charge on any atom is -0.346 e. The smallest absolute Gasteiger partial charge is 0.252 e. The zero-order chi connectivity index (χ0) is 18.4. The lowest BCUT2D eigenvalue weighted by molar-refractivity contribution is 0.0947. The van der Waals surface area contributed by atoms with Crippen molar-refractivity contribution in [2.24, 2.45) is 0 Å². The molecule has 3 rings (SSSR count). The van der Waals surface area contributed by atoms with Crippen LogP contribution in [0.5, 0.6) is 0 Å². The topological polar surface area (TPSA) is 54.9 Å². The summed E-state index contributed by atoms with van der Waals surface area (Å²) in [5.41, 5.74) is 2.83. The van der Waals surface area contributed by atoms with Gasteiger partial charge in [0.05, 0.1) is 23.5 Å². The molecule has 0 saturated carbocycles. The Morgan fingerprint density at radius 3 is 2.65 bits per heavy atom. The molecule has 0 bridgehead atoms. The summed E-state index contributed by atoms with van der Waals surface area (Å²) in [6.45, 7) is 2.35. The number of hydrogen-bond acceptors (Lipinski definition) is 4. The molecule has 1 N–H and O–H groups in total. The Labute approximate surface area is 155 Å². The Kier molecular flexibility index (Phi) is 5.96. The van der Waals surface area contributed by atoms with E-state index in [2.05, 4.69) is 22.2 Å². The van der Waals surface area contributed by atoms with Crippen LogP contribution in [0.2, 0.25) is 0 Å². The third kappa shape index (κ3) is 4.46. The van der Waals surface area contributed by atoms with Crippen molar-refractivity contribution in [1.29, 1.82) is 0 Å². The summed E-state index contributed by atoms with van der Waals surface area (Å²) in [6, 6.07) is 15.4.